The maximum absolute atomic E-state index is 10.0. The molecule has 3 heterocycles. The van der Waals surface area contributed by atoms with E-state index in [1.807, 2.05) is 32.1 Å². The molecule has 3 N–H and O–H groups in total. The number of nitrogens with one attached hydrogen (secondary N) is 2. The lowest BCUT2D eigenvalue weighted by atomic mass is 10.1. The Labute approximate surface area is 140 Å². The second-order valence-electron chi connectivity index (χ2n) is 5.76. The molecular weight excluding hydrogens is 306 g/mol. The number of hydrogen-bond acceptors (Lipinski definition) is 6. The van der Waals surface area contributed by atoms with Crippen LogP contribution in [0.1, 0.15) is 31.5 Å². The van der Waals surface area contributed by atoms with Crippen molar-refractivity contribution in [3.8, 4) is 5.88 Å². The molecule has 0 radical (unpaired) electrons. The number of aliphatic imine (C=N–C) groups is 1. The first-order valence-electron chi connectivity index (χ1n) is 7.99. The number of fused-ring (bicyclic) bond motifs is 1. The summed E-state index contributed by atoms with van der Waals surface area (Å²) >= 11 is 0. The van der Waals surface area contributed by atoms with Crippen molar-refractivity contribution in [3.05, 3.63) is 29.6 Å². The van der Waals surface area contributed by atoms with Crippen molar-refractivity contribution >= 4 is 29.6 Å². The van der Waals surface area contributed by atoms with Gasteiger partial charge in [0.15, 0.2) is 5.82 Å². The first-order valence-corrected chi connectivity index (χ1v) is 7.99. The van der Waals surface area contributed by atoms with Crippen LogP contribution in [0.2, 0.25) is 0 Å². The average molecular weight is 327 g/mol. The van der Waals surface area contributed by atoms with Gasteiger partial charge in [-0.25, -0.2) is 9.98 Å². The minimum Gasteiger partial charge on any atom is -0.492 e. The number of hydrogen-bond donors (Lipinski definition) is 3. The first-order chi connectivity index (χ1) is 11.6. The number of nitrogens with zero attached hydrogens (tertiary/aromatic N) is 3. The van der Waals surface area contributed by atoms with Gasteiger partial charge in [-0.1, -0.05) is 0 Å². The van der Waals surface area contributed by atoms with Gasteiger partial charge >= 0.3 is 0 Å². The van der Waals surface area contributed by atoms with Crippen molar-refractivity contribution in [3.63, 3.8) is 0 Å². The van der Waals surface area contributed by atoms with Crippen molar-refractivity contribution in [2.75, 3.05) is 18.5 Å². The molecule has 0 aromatic carbocycles. The largest absolute Gasteiger partial charge is 0.492 e. The van der Waals surface area contributed by atoms with E-state index in [9.17, 15) is 5.11 Å². The number of pyridine rings is 1. The van der Waals surface area contributed by atoms with Crippen LogP contribution in [0.25, 0.3) is 11.6 Å². The third kappa shape index (κ3) is 3.80. The molecule has 0 bridgehead atoms. The summed E-state index contributed by atoms with van der Waals surface area (Å²) in [6.07, 6.45) is 6.35. The predicted octanol–water partition coefficient (Wildman–Crippen LogP) is 2.99. The molecule has 0 saturated heterocycles. The summed E-state index contributed by atoms with van der Waals surface area (Å²) in [6.45, 7) is 5.42. The molecule has 7 heteroatoms. The Morgan fingerprint density at radius 2 is 2.29 bits per heavy atom. The van der Waals surface area contributed by atoms with Crippen molar-refractivity contribution in [2.24, 2.45) is 4.99 Å². The molecule has 126 valence electrons. The fourth-order valence-corrected chi connectivity index (χ4v) is 2.36. The molecule has 3 rings (SSSR count). The van der Waals surface area contributed by atoms with Crippen molar-refractivity contribution in [2.45, 2.75) is 26.4 Å². The van der Waals surface area contributed by atoms with Gasteiger partial charge in [-0.3, -0.25) is 0 Å². The van der Waals surface area contributed by atoms with Gasteiger partial charge < -0.3 is 20.1 Å². The summed E-state index contributed by atoms with van der Waals surface area (Å²) in [6, 6.07) is 3.81. The Morgan fingerprint density at radius 3 is 3.12 bits per heavy atom. The molecule has 1 aliphatic rings. The number of aromatic amines is 1. The third-order valence-corrected chi connectivity index (χ3v) is 3.50. The van der Waals surface area contributed by atoms with E-state index in [-0.39, 0.29) is 12.0 Å². The lowest BCUT2D eigenvalue weighted by Crippen LogP contribution is -2.09. The van der Waals surface area contributed by atoms with Crippen molar-refractivity contribution in [1.82, 2.24) is 15.0 Å². The summed E-state index contributed by atoms with van der Waals surface area (Å²) in [5, 5.41) is 13.1. The lowest BCUT2D eigenvalue weighted by Gasteiger charge is -2.07. The van der Waals surface area contributed by atoms with E-state index in [4.69, 9.17) is 4.74 Å². The van der Waals surface area contributed by atoms with Gasteiger partial charge in [-0.05, 0) is 38.5 Å². The summed E-state index contributed by atoms with van der Waals surface area (Å²) < 4.78 is 5.48. The number of H-pyrrole nitrogens is 1. The number of aromatic hydroxyl groups is 1. The van der Waals surface area contributed by atoms with Gasteiger partial charge in [0.25, 0.3) is 0 Å². The minimum atomic E-state index is -0.0471. The second kappa shape index (κ2) is 7.27. The Bertz CT molecular complexity index is 764. The molecule has 0 spiro atoms. The SMILES string of the molecule is CC(C)OCCCNc1nc(O)c(C=C2C=Nc3ncccc32)[nH]1. The maximum atomic E-state index is 10.0. The van der Waals surface area contributed by atoms with Gasteiger partial charge in [0, 0.05) is 36.7 Å². The number of ether oxygens (including phenoxy) is 1. The Hall–Kier alpha value is -2.67. The molecule has 0 amide bonds. The van der Waals surface area contributed by atoms with E-state index in [2.05, 4.69) is 25.3 Å². The molecular formula is C17H21N5O2. The summed E-state index contributed by atoms with van der Waals surface area (Å²) in [7, 11) is 0. The minimum absolute atomic E-state index is 0.0471. The van der Waals surface area contributed by atoms with Gasteiger partial charge in [0.05, 0.1) is 6.10 Å². The predicted molar refractivity (Wildman–Crippen MR) is 94.7 cm³/mol. The highest BCUT2D eigenvalue weighted by Crippen LogP contribution is 2.31. The maximum Gasteiger partial charge on any atom is 0.238 e. The number of aromatic nitrogens is 3. The zero-order valence-corrected chi connectivity index (χ0v) is 13.8. The molecule has 0 aliphatic carbocycles. The summed E-state index contributed by atoms with van der Waals surface area (Å²) in [5.41, 5.74) is 2.36. The summed E-state index contributed by atoms with van der Waals surface area (Å²) in [5.74, 6) is 1.17. The fourth-order valence-electron chi connectivity index (χ4n) is 2.36. The molecule has 0 atom stereocenters. The Morgan fingerprint density at radius 1 is 1.42 bits per heavy atom. The van der Waals surface area contributed by atoms with Crippen LogP contribution in [0.4, 0.5) is 11.8 Å². The molecule has 1 aliphatic heterocycles. The number of rotatable bonds is 7. The topological polar surface area (TPSA) is 95.4 Å². The molecule has 2 aromatic heterocycles. The third-order valence-electron chi connectivity index (χ3n) is 3.50. The molecule has 0 fully saturated rings. The average Bonchev–Trinajstić information content (AvgIpc) is 3.12. The van der Waals surface area contributed by atoms with Gasteiger partial charge in [-0.2, -0.15) is 4.98 Å². The second-order valence-corrected chi connectivity index (χ2v) is 5.76. The fraction of sp³-hybridized carbons (Fsp3) is 0.353. The zero-order chi connectivity index (χ0) is 16.9. The Balaban J connectivity index is 1.63. The van der Waals surface area contributed by atoms with Crippen LogP contribution < -0.4 is 5.32 Å². The van der Waals surface area contributed by atoms with Crippen LogP contribution >= 0.6 is 0 Å². The first kappa shape index (κ1) is 16.2. The number of allylic oxidation sites excluding steroid dienone is 1. The van der Waals surface area contributed by atoms with Crippen LogP contribution in [0.15, 0.2) is 23.3 Å². The van der Waals surface area contributed by atoms with E-state index >= 15 is 0 Å². The van der Waals surface area contributed by atoms with E-state index in [1.165, 1.54) is 0 Å². The normalized spacial score (nSPS) is 14.5. The van der Waals surface area contributed by atoms with Crippen LogP contribution in [0.3, 0.4) is 0 Å². The van der Waals surface area contributed by atoms with Crippen LogP contribution in [-0.4, -0.2) is 45.5 Å². The van der Waals surface area contributed by atoms with Gasteiger partial charge in [0.2, 0.25) is 11.8 Å². The molecule has 0 unspecified atom stereocenters. The monoisotopic (exact) mass is 327 g/mol. The highest BCUT2D eigenvalue weighted by atomic mass is 16.5. The van der Waals surface area contributed by atoms with Gasteiger partial charge in [0.1, 0.15) is 5.69 Å². The van der Waals surface area contributed by atoms with Gasteiger partial charge in [-0.15, -0.1) is 0 Å². The quantitative estimate of drug-likeness (QED) is 0.680. The standard InChI is InChI=1S/C17H21N5O2/c1-11(2)24-8-4-7-19-17-21-14(16(23)22-17)9-12-10-20-15-13(12)5-3-6-18-15/h3,5-6,9-11,23H,4,7-8H2,1-2H3,(H2,19,21,22). The highest BCUT2D eigenvalue weighted by Gasteiger charge is 2.14. The van der Waals surface area contributed by atoms with Crippen LogP contribution in [-0.2, 0) is 4.74 Å². The summed E-state index contributed by atoms with van der Waals surface area (Å²) in [4.78, 5) is 15.6. The van der Waals surface area contributed by atoms with Crippen molar-refractivity contribution in [1.29, 1.82) is 0 Å². The van der Waals surface area contributed by atoms with E-state index in [0.717, 1.165) is 17.6 Å². The van der Waals surface area contributed by atoms with E-state index in [0.29, 0.717) is 30.6 Å². The van der Waals surface area contributed by atoms with Crippen molar-refractivity contribution < 1.29 is 9.84 Å². The van der Waals surface area contributed by atoms with E-state index in [1.54, 1.807) is 12.4 Å². The highest BCUT2D eigenvalue weighted by molar-refractivity contribution is 6.20. The molecule has 24 heavy (non-hydrogen) atoms. The van der Waals surface area contributed by atoms with E-state index < -0.39 is 0 Å². The lowest BCUT2D eigenvalue weighted by molar-refractivity contribution is 0.0787. The zero-order valence-electron chi connectivity index (χ0n) is 13.8. The molecule has 2 aromatic rings. The molecule has 0 saturated carbocycles. The smallest absolute Gasteiger partial charge is 0.238 e. The Kier molecular flexibility index (Phi) is 4.90. The number of anilines is 1. The van der Waals surface area contributed by atoms with Crippen LogP contribution in [0, 0.1) is 0 Å². The molecule has 7 nitrogen and oxygen atoms in total. The number of imidazole rings is 1. The van der Waals surface area contributed by atoms with Crippen LogP contribution in [0.5, 0.6) is 5.88 Å².